The van der Waals surface area contributed by atoms with Crippen LogP contribution in [0.25, 0.3) is 6.08 Å². The van der Waals surface area contributed by atoms with E-state index >= 15 is 0 Å². The maximum Gasteiger partial charge on any atom is 0.416 e. The summed E-state index contributed by atoms with van der Waals surface area (Å²) in [6.45, 7) is 3.62. The molecule has 0 bridgehead atoms. The van der Waals surface area contributed by atoms with Crippen LogP contribution in [-0.2, 0) is 16.2 Å². The fraction of sp³-hybridized carbons (Fsp3) is 0.125. The highest BCUT2D eigenvalue weighted by Crippen LogP contribution is 2.31. The average molecular weight is 356 g/mol. The largest absolute Gasteiger partial charge is 0.416 e. The predicted molar refractivity (Wildman–Crippen MR) is 87.5 cm³/mol. The van der Waals surface area contributed by atoms with Gasteiger partial charge in [-0.3, -0.25) is 0 Å². The van der Waals surface area contributed by atoms with Crippen LogP contribution in [0, 0.1) is 0 Å². The van der Waals surface area contributed by atoms with Crippen molar-refractivity contribution in [3.8, 4) is 0 Å². The number of hydrogen-bond acceptors (Lipinski definition) is 3. The minimum atomic E-state index is -4.39. The van der Waals surface area contributed by atoms with Crippen LogP contribution in [0.5, 0.6) is 0 Å². The molecule has 128 valence electrons. The van der Waals surface area contributed by atoms with Gasteiger partial charge in [0.15, 0.2) is 0 Å². The minimum absolute atomic E-state index is 0.0675. The summed E-state index contributed by atoms with van der Waals surface area (Å²) < 4.78 is 63.5. The molecule has 0 amide bonds. The smallest absolute Gasteiger partial charge is 0.355 e. The molecule has 0 aliphatic heterocycles. The maximum absolute atomic E-state index is 12.6. The lowest BCUT2D eigenvalue weighted by atomic mass is 10.1. The van der Waals surface area contributed by atoms with Crippen molar-refractivity contribution in [1.82, 2.24) is 4.72 Å². The Morgan fingerprint density at radius 3 is 2.21 bits per heavy atom. The zero-order valence-corrected chi connectivity index (χ0v) is 13.5. The van der Waals surface area contributed by atoms with Gasteiger partial charge in [-0.15, -0.1) is 0 Å². The molecule has 2 aromatic carbocycles. The van der Waals surface area contributed by atoms with Crippen molar-refractivity contribution in [1.29, 1.82) is 0 Å². The molecule has 8 heteroatoms. The van der Waals surface area contributed by atoms with E-state index in [1.807, 2.05) is 0 Å². The average Bonchev–Trinajstić information content (AvgIpc) is 2.54. The lowest BCUT2D eigenvalue weighted by molar-refractivity contribution is -0.137. The number of alkyl halides is 3. The molecule has 2 aromatic rings. The molecule has 0 saturated carbocycles. The number of anilines is 2. The van der Waals surface area contributed by atoms with E-state index in [1.165, 1.54) is 43.5 Å². The van der Waals surface area contributed by atoms with Crippen molar-refractivity contribution in [3.05, 3.63) is 60.2 Å². The summed E-state index contributed by atoms with van der Waals surface area (Å²) in [5.74, 6) is 0. The Hall–Kier alpha value is -2.32. The van der Waals surface area contributed by atoms with E-state index in [4.69, 9.17) is 0 Å². The molecule has 0 unspecified atom stereocenters. The van der Waals surface area contributed by atoms with Crippen LogP contribution in [0.1, 0.15) is 11.1 Å². The Morgan fingerprint density at radius 2 is 1.71 bits per heavy atom. The van der Waals surface area contributed by atoms with E-state index in [0.29, 0.717) is 16.9 Å². The summed E-state index contributed by atoms with van der Waals surface area (Å²) >= 11 is 0. The van der Waals surface area contributed by atoms with Crippen LogP contribution in [0.2, 0.25) is 0 Å². The zero-order chi connectivity index (χ0) is 18.0. The lowest BCUT2D eigenvalue weighted by Gasteiger charge is -2.13. The fourth-order valence-electron chi connectivity index (χ4n) is 2.01. The lowest BCUT2D eigenvalue weighted by Crippen LogP contribution is -2.18. The van der Waals surface area contributed by atoms with Gasteiger partial charge in [0.25, 0.3) is 0 Å². The minimum Gasteiger partial charge on any atom is -0.355 e. The zero-order valence-electron chi connectivity index (χ0n) is 12.7. The molecule has 0 heterocycles. The van der Waals surface area contributed by atoms with Gasteiger partial charge in [0.05, 0.1) is 10.5 Å². The van der Waals surface area contributed by atoms with Crippen LogP contribution in [-0.4, -0.2) is 15.5 Å². The van der Waals surface area contributed by atoms with Crippen molar-refractivity contribution in [3.63, 3.8) is 0 Å². The Bertz CT molecular complexity index is 845. The maximum atomic E-state index is 12.6. The first kappa shape index (κ1) is 18.0. The summed E-state index contributed by atoms with van der Waals surface area (Å²) in [6, 6.07) is 8.88. The van der Waals surface area contributed by atoms with Crippen molar-refractivity contribution >= 4 is 27.5 Å². The first-order chi connectivity index (χ1) is 11.2. The number of hydrogen-bond donors (Lipinski definition) is 2. The number of sulfonamides is 1. The van der Waals surface area contributed by atoms with Gasteiger partial charge in [-0.1, -0.05) is 12.7 Å². The van der Waals surface area contributed by atoms with Gasteiger partial charge in [-0.05, 0) is 55.1 Å². The predicted octanol–water partition coefficient (Wildman–Crippen LogP) is 4.00. The Kier molecular flexibility index (Phi) is 5.00. The van der Waals surface area contributed by atoms with Gasteiger partial charge < -0.3 is 5.32 Å². The molecule has 0 aliphatic carbocycles. The molecule has 4 nitrogen and oxygen atoms in total. The quantitative estimate of drug-likeness (QED) is 0.851. The van der Waals surface area contributed by atoms with Gasteiger partial charge in [0.1, 0.15) is 0 Å². The van der Waals surface area contributed by atoms with Crippen molar-refractivity contribution in [2.24, 2.45) is 0 Å². The summed E-state index contributed by atoms with van der Waals surface area (Å²) in [6.07, 6.45) is -2.94. The van der Waals surface area contributed by atoms with E-state index in [0.717, 1.165) is 12.1 Å². The number of halogens is 3. The topological polar surface area (TPSA) is 58.2 Å². The molecule has 0 saturated heterocycles. The van der Waals surface area contributed by atoms with E-state index in [2.05, 4.69) is 16.6 Å². The molecule has 0 fully saturated rings. The molecule has 2 rings (SSSR count). The van der Waals surface area contributed by atoms with Gasteiger partial charge in [0, 0.05) is 11.4 Å². The van der Waals surface area contributed by atoms with Crippen LogP contribution in [0.4, 0.5) is 24.5 Å². The highest BCUT2D eigenvalue weighted by molar-refractivity contribution is 7.89. The third-order valence-electron chi connectivity index (χ3n) is 3.31. The Morgan fingerprint density at radius 1 is 1.08 bits per heavy atom. The monoisotopic (exact) mass is 356 g/mol. The molecule has 0 aliphatic rings. The van der Waals surface area contributed by atoms with Crippen LogP contribution in [0.3, 0.4) is 0 Å². The summed E-state index contributed by atoms with van der Waals surface area (Å²) in [4.78, 5) is 0.0675. The highest BCUT2D eigenvalue weighted by Gasteiger charge is 2.29. The first-order valence-electron chi connectivity index (χ1n) is 6.81. The third kappa shape index (κ3) is 3.95. The summed E-state index contributed by atoms with van der Waals surface area (Å²) in [5.41, 5.74) is 0.730. The fourth-order valence-corrected chi connectivity index (χ4v) is 2.77. The van der Waals surface area contributed by atoms with Crippen molar-refractivity contribution < 1.29 is 21.6 Å². The van der Waals surface area contributed by atoms with Crippen LogP contribution >= 0.6 is 0 Å². The molecule has 24 heavy (non-hydrogen) atoms. The molecule has 0 radical (unpaired) electrons. The highest BCUT2D eigenvalue weighted by atomic mass is 32.2. The number of rotatable bonds is 5. The molecule has 0 spiro atoms. The molecular weight excluding hydrogens is 341 g/mol. The SMILES string of the molecule is C=Cc1cc(S(=O)(=O)NC)ccc1Nc1ccc(C(F)(F)F)cc1. The van der Waals surface area contributed by atoms with E-state index < -0.39 is 21.8 Å². The second-order valence-corrected chi connectivity index (χ2v) is 6.75. The second kappa shape index (κ2) is 6.66. The van der Waals surface area contributed by atoms with Crippen molar-refractivity contribution in [2.45, 2.75) is 11.1 Å². The van der Waals surface area contributed by atoms with Gasteiger partial charge in [-0.2, -0.15) is 13.2 Å². The van der Waals surface area contributed by atoms with Gasteiger partial charge >= 0.3 is 6.18 Å². The van der Waals surface area contributed by atoms with E-state index in [1.54, 1.807) is 0 Å². The third-order valence-corrected chi connectivity index (χ3v) is 4.73. The summed E-state index contributed by atoms with van der Waals surface area (Å²) in [7, 11) is -2.29. The normalized spacial score (nSPS) is 12.0. The standard InChI is InChI=1S/C16H15F3N2O2S/c1-3-11-10-14(24(22,23)20-2)8-9-15(11)21-13-6-4-12(5-7-13)16(17,18)19/h3-10,20-21H,1H2,2H3. The van der Waals surface area contributed by atoms with Gasteiger partial charge in [-0.25, -0.2) is 13.1 Å². The first-order valence-corrected chi connectivity index (χ1v) is 8.30. The van der Waals surface area contributed by atoms with Gasteiger partial charge in [0.2, 0.25) is 10.0 Å². The van der Waals surface area contributed by atoms with E-state index in [-0.39, 0.29) is 4.90 Å². The van der Waals surface area contributed by atoms with Crippen LogP contribution in [0.15, 0.2) is 53.9 Å². The second-order valence-electron chi connectivity index (χ2n) is 4.86. The molecule has 0 aromatic heterocycles. The summed E-state index contributed by atoms with van der Waals surface area (Å²) in [5, 5.41) is 2.94. The van der Waals surface area contributed by atoms with Crippen LogP contribution < -0.4 is 10.0 Å². The molecule has 2 N–H and O–H groups in total. The number of nitrogens with one attached hydrogen (secondary N) is 2. The Labute approximate surface area is 138 Å². The molecular formula is C16H15F3N2O2S. The number of benzene rings is 2. The Balaban J connectivity index is 2.32. The van der Waals surface area contributed by atoms with E-state index in [9.17, 15) is 21.6 Å². The molecule has 0 atom stereocenters. The van der Waals surface area contributed by atoms with Crippen molar-refractivity contribution in [2.75, 3.05) is 12.4 Å².